The van der Waals surface area contributed by atoms with E-state index in [0.29, 0.717) is 32.3 Å². The molecule has 3 aromatic rings. The second-order valence-electron chi connectivity index (χ2n) is 6.59. The van der Waals surface area contributed by atoms with Crippen molar-refractivity contribution in [3.63, 3.8) is 0 Å². The van der Waals surface area contributed by atoms with Crippen LogP contribution in [0.2, 0.25) is 5.02 Å². The van der Waals surface area contributed by atoms with Crippen molar-refractivity contribution in [2.24, 2.45) is 7.05 Å². The van der Waals surface area contributed by atoms with E-state index in [1.807, 2.05) is 33.0 Å². The number of hydrogen-bond donors (Lipinski definition) is 1. The first-order chi connectivity index (χ1) is 14.8. The van der Waals surface area contributed by atoms with Crippen LogP contribution in [0.15, 0.2) is 34.8 Å². The van der Waals surface area contributed by atoms with E-state index in [1.165, 1.54) is 30.2 Å². The van der Waals surface area contributed by atoms with Gasteiger partial charge < -0.3 is 19.4 Å². The molecule has 0 spiro atoms. The summed E-state index contributed by atoms with van der Waals surface area (Å²) in [4.78, 5) is 24.1. The van der Waals surface area contributed by atoms with Gasteiger partial charge in [0.25, 0.3) is 0 Å². The summed E-state index contributed by atoms with van der Waals surface area (Å²) >= 11 is 8.70. The van der Waals surface area contributed by atoms with Gasteiger partial charge in [0.1, 0.15) is 10.8 Å². The highest BCUT2D eigenvalue weighted by Gasteiger charge is 2.20. The lowest BCUT2D eigenvalue weighted by atomic mass is 10.2. The van der Waals surface area contributed by atoms with Crippen molar-refractivity contribution in [3.05, 3.63) is 51.6 Å². The van der Waals surface area contributed by atoms with Gasteiger partial charge in [-0.2, -0.15) is 0 Å². The topological polar surface area (TPSA) is 95.3 Å². The van der Waals surface area contributed by atoms with E-state index in [4.69, 9.17) is 21.1 Å². The second-order valence-corrected chi connectivity index (χ2v) is 8.85. The van der Waals surface area contributed by atoms with Crippen molar-refractivity contribution >= 4 is 51.6 Å². The van der Waals surface area contributed by atoms with Gasteiger partial charge >= 0.3 is 5.97 Å². The summed E-state index contributed by atoms with van der Waals surface area (Å²) in [6.45, 7) is 3.81. The van der Waals surface area contributed by atoms with Crippen molar-refractivity contribution in [1.82, 2.24) is 14.8 Å². The summed E-state index contributed by atoms with van der Waals surface area (Å²) in [5.41, 5.74) is 1.36. The number of hydrogen-bond acceptors (Lipinski definition) is 8. The van der Waals surface area contributed by atoms with Gasteiger partial charge in [0.2, 0.25) is 5.91 Å². The molecular weight excluding hydrogens is 460 g/mol. The van der Waals surface area contributed by atoms with Crippen LogP contribution in [0.3, 0.4) is 0 Å². The maximum Gasteiger partial charge on any atom is 0.340 e. The number of nitrogens with zero attached hydrogens (tertiary/aromatic N) is 3. The molecule has 31 heavy (non-hydrogen) atoms. The number of ether oxygens (including phenoxy) is 2. The fourth-order valence-electron chi connectivity index (χ4n) is 2.72. The third kappa shape index (κ3) is 5.57. The molecule has 2 aromatic heterocycles. The summed E-state index contributed by atoms with van der Waals surface area (Å²) in [5.74, 6) is 0.515. The first-order valence-corrected chi connectivity index (χ1v) is 11.4. The van der Waals surface area contributed by atoms with Crippen molar-refractivity contribution in [2.75, 3.05) is 18.2 Å². The lowest BCUT2D eigenvalue weighted by Gasteiger charge is -2.15. The standard InChI is InChI=1S/C20H21ClN4O4S2/c1-11-5-6-14(21)15(9-11)29-12(2)17-23-24-20(25(17)3)31-10-16(26)22-18-13(7-8-30-18)19(27)28-4/h5-9,12H,10H2,1-4H3,(H,22,26). The van der Waals surface area contributed by atoms with Crippen LogP contribution in [0.5, 0.6) is 5.75 Å². The predicted molar refractivity (Wildman–Crippen MR) is 121 cm³/mol. The summed E-state index contributed by atoms with van der Waals surface area (Å²) in [6, 6.07) is 7.17. The molecule has 1 amide bonds. The molecule has 2 heterocycles. The van der Waals surface area contributed by atoms with Crippen molar-refractivity contribution in [3.8, 4) is 5.75 Å². The highest BCUT2D eigenvalue weighted by Crippen LogP contribution is 2.30. The SMILES string of the molecule is COC(=O)c1ccsc1NC(=O)CSc1nnc(C(C)Oc2cc(C)ccc2Cl)n1C. The Labute approximate surface area is 192 Å². The molecule has 11 heteroatoms. The lowest BCUT2D eigenvalue weighted by molar-refractivity contribution is -0.113. The molecule has 0 saturated heterocycles. The molecule has 1 unspecified atom stereocenters. The molecule has 8 nitrogen and oxygen atoms in total. The number of nitrogens with one attached hydrogen (secondary N) is 1. The van der Waals surface area contributed by atoms with E-state index in [-0.39, 0.29) is 11.7 Å². The molecule has 0 aliphatic rings. The molecule has 0 bridgehead atoms. The Morgan fingerprint density at radius 1 is 1.32 bits per heavy atom. The van der Waals surface area contributed by atoms with Crippen LogP contribution in [-0.2, 0) is 16.6 Å². The number of thioether (sulfide) groups is 1. The van der Waals surface area contributed by atoms with Gasteiger partial charge in [-0.25, -0.2) is 4.79 Å². The first-order valence-electron chi connectivity index (χ1n) is 9.20. The summed E-state index contributed by atoms with van der Waals surface area (Å²) in [5, 5.41) is 14.3. The second kappa shape index (κ2) is 10.2. The molecule has 0 aliphatic carbocycles. The summed E-state index contributed by atoms with van der Waals surface area (Å²) < 4.78 is 12.4. The number of thiophene rings is 1. The number of carbonyl (C=O) groups is 2. The third-order valence-electron chi connectivity index (χ3n) is 4.28. The van der Waals surface area contributed by atoms with E-state index < -0.39 is 12.1 Å². The molecule has 1 N–H and O–H groups in total. The van der Waals surface area contributed by atoms with Crippen LogP contribution in [0.25, 0.3) is 0 Å². The van der Waals surface area contributed by atoms with Crippen LogP contribution >= 0.6 is 34.7 Å². The zero-order valence-corrected chi connectivity index (χ0v) is 19.7. The average Bonchev–Trinajstić information content (AvgIpc) is 3.35. The minimum Gasteiger partial charge on any atom is -0.481 e. The molecular formula is C20H21ClN4O4S2. The molecule has 0 saturated carbocycles. The summed E-state index contributed by atoms with van der Waals surface area (Å²) in [6.07, 6.45) is -0.395. The number of methoxy groups -OCH3 is 1. The van der Waals surface area contributed by atoms with Gasteiger partial charge in [0.05, 0.1) is 23.4 Å². The van der Waals surface area contributed by atoms with Gasteiger partial charge in [-0.1, -0.05) is 29.4 Å². The van der Waals surface area contributed by atoms with Crippen molar-refractivity contribution < 1.29 is 19.1 Å². The molecule has 0 aliphatic heterocycles. The number of esters is 1. The van der Waals surface area contributed by atoms with E-state index in [9.17, 15) is 9.59 Å². The Hall–Kier alpha value is -2.56. The minimum atomic E-state index is -0.496. The van der Waals surface area contributed by atoms with Gasteiger partial charge in [-0.05, 0) is 43.0 Å². The zero-order chi connectivity index (χ0) is 22.5. The highest BCUT2D eigenvalue weighted by atomic mass is 35.5. The smallest absolute Gasteiger partial charge is 0.340 e. The van der Waals surface area contributed by atoms with Crippen molar-refractivity contribution in [1.29, 1.82) is 0 Å². The number of carbonyl (C=O) groups excluding carboxylic acids is 2. The van der Waals surface area contributed by atoms with E-state index >= 15 is 0 Å². The van der Waals surface area contributed by atoms with Crippen LogP contribution in [-0.4, -0.2) is 39.5 Å². The Bertz CT molecular complexity index is 1100. The summed E-state index contributed by atoms with van der Waals surface area (Å²) in [7, 11) is 3.10. The van der Waals surface area contributed by atoms with Crippen LogP contribution in [0.4, 0.5) is 5.00 Å². The monoisotopic (exact) mass is 480 g/mol. The largest absolute Gasteiger partial charge is 0.481 e. The molecule has 0 radical (unpaired) electrons. The first kappa shape index (κ1) is 23.1. The Morgan fingerprint density at radius 3 is 2.84 bits per heavy atom. The van der Waals surface area contributed by atoms with Gasteiger partial charge in [-0.15, -0.1) is 21.5 Å². The molecule has 1 atom stereocenters. The zero-order valence-electron chi connectivity index (χ0n) is 17.3. The third-order valence-corrected chi connectivity index (χ3v) is 6.44. The minimum absolute atomic E-state index is 0.101. The number of amides is 1. The molecule has 164 valence electrons. The maximum absolute atomic E-state index is 12.3. The maximum atomic E-state index is 12.3. The quantitative estimate of drug-likeness (QED) is 0.374. The number of aryl methyl sites for hydroxylation is 1. The van der Waals surface area contributed by atoms with Gasteiger partial charge in [0, 0.05) is 7.05 Å². The normalized spacial score (nSPS) is 11.8. The molecule has 1 aromatic carbocycles. The highest BCUT2D eigenvalue weighted by molar-refractivity contribution is 7.99. The molecule has 0 fully saturated rings. The predicted octanol–water partition coefficient (Wildman–Crippen LogP) is 4.50. The van der Waals surface area contributed by atoms with Crippen LogP contribution in [0.1, 0.15) is 34.8 Å². The Balaban J connectivity index is 1.61. The molecule has 3 rings (SSSR count). The van der Waals surface area contributed by atoms with Crippen LogP contribution < -0.4 is 10.1 Å². The van der Waals surface area contributed by atoms with Crippen molar-refractivity contribution in [2.45, 2.75) is 25.1 Å². The number of anilines is 1. The van der Waals surface area contributed by atoms with E-state index in [2.05, 4.69) is 15.5 Å². The fraction of sp³-hybridized carbons (Fsp3) is 0.300. The van der Waals surface area contributed by atoms with Gasteiger partial charge in [-0.3, -0.25) is 4.79 Å². The van der Waals surface area contributed by atoms with E-state index in [0.717, 1.165) is 5.56 Å². The average molecular weight is 481 g/mol. The van der Waals surface area contributed by atoms with Gasteiger partial charge in [0.15, 0.2) is 17.1 Å². The Kier molecular flexibility index (Phi) is 7.58. The Morgan fingerprint density at radius 2 is 2.10 bits per heavy atom. The number of halogens is 1. The lowest BCUT2D eigenvalue weighted by Crippen LogP contribution is -2.16. The van der Waals surface area contributed by atoms with Crippen LogP contribution in [0, 0.1) is 6.92 Å². The number of benzene rings is 1. The fourth-order valence-corrected chi connectivity index (χ4v) is 4.39. The number of rotatable bonds is 8. The van der Waals surface area contributed by atoms with E-state index in [1.54, 1.807) is 22.1 Å². The number of aromatic nitrogens is 3.